The number of halogens is 1. The summed E-state index contributed by atoms with van der Waals surface area (Å²) in [6.45, 7) is 3.42. The first-order valence-corrected chi connectivity index (χ1v) is 10.7. The summed E-state index contributed by atoms with van der Waals surface area (Å²) in [6, 6.07) is 7.47. The Morgan fingerprint density at radius 3 is 2.76 bits per heavy atom. The van der Waals surface area contributed by atoms with Crippen LogP contribution in [0.4, 0.5) is 4.39 Å². The van der Waals surface area contributed by atoms with Crippen molar-refractivity contribution in [3.63, 3.8) is 0 Å². The number of nitrogens with zero attached hydrogens (tertiary/aromatic N) is 5. The molecule has 3 aromatic rings. The molecule has 0 aliphatic heterocycles. The van der Waals surface area contributed by atoms with Crippen LogP contribution in [0.5, 0.6) is 0 Å². The minimum absolute atomic E-state index is 0.175. The molecule has 154 valence electrons. The highest BCUT2D eigenvalue weighted by molar-refractivity contribution is 5.16. The molecule has 0 saturated heterocycles. The highest BCUT2D eigenvalue weighted by Gasteiger charge is 2.17. The SMILES string of the molecule is Fc1cccc(CN(CCCn2ccnc2)Cc2cnn(C3CCCCC3)c2)c1. The molecule has 1 aliphatic carbocycles. The van der Waals surface area contributed by atoms with Crippen LogP contribution in [0.25, 0.3) is 0 Å². The van der Waals surface area contributed by atoms with Gasteiger partial charge < -0.3 is 4.57 Å². The van der Waals surface area contributed by atoms with Crippen LogP contribution in [0, 0.1) is 5.82 Å². The molecule has 1 saturated carbocycles. The molecule has 5 nitrogen and oxygen atoms in total. The molecule has 2 aromatic heterocycles. The lowest BCUT2D eigenvalue weighted by molar-refractivity contribution is 0.248. The predicted molar refractivity (Wildman–Crippen MR) is 112 cm³/mol. The quantitative estimate of drug-likeness (QED) is 0.522. The molecule has 4 rings (SSSR count). The van der Waals surface area contributed by atoms with Crippen molar-refractivity contribution in [1.82, 2.24) is 24.2 Å². The molecular weight excluding hydrogens is 365 g/mol. The fourth-order valence-corrected chi connectivity index (χ4v) is 4.27. The number of rotatable bonds is 9. The smallest absolute Gasteiger partial charge is 0.123 e. The molecule has 0 N–H and O–H groups in total. The second kappa shape index (κ2) is 9.83. The van der Waals surface area contributed by atoms with Crippen molar-refractivity contribution in [1.29, 1.82) is 0 Å². The third-order valence-electron chi connectivity index (χ3n) is 5.76. The lowest BCUT2D eigenvalue weighted by Crippen LogP contribution is -2.25. The fourth-order valence-electron chi connectivity index (χ4n) is 4.27. The van der Waals surface area contributed by atoms with E-state index in [1.807, 2.05) is 31.0 Å². The zero-order valence-corrected chi connectivity index (χ0v) is 17.0. The normalized spacial score (nSPS) is 15.2. The second-order valence-electron chi connectivity index (χ2n) is 8.12. The molecule has 0 radical (unpaired) electrons. The summed E-state index contributed by atoms with van der Waals surface area (Å²) < 4.78 is 17.9. The zero-order chi connectivity index (χ0) is 19.9. The fraction of sp³-hybridized carbons (Fsp3) is 0.478. The highest BCUT2D eigenvalue weighted by atomic mass is 19.1. The molecule has 1 aliphatic rings. The molecule has 0 atom stereocenters. The van der Waals surface area contributed by atoms with E-state index in [-0.39, 0.29) is 5.82 Å². The molecule has 0 amide bonds. The third-order valence-corrected chi connectivity index (χ3v) is 5.76. The molecule has 0 unspecified atom stereocenters. The summed E-state index contributed by atoms with van der Waals surface area (Å²) in [7, 11) is 0. The largest absolute Gasteiger partial charge is 0.337 e. The molecule has 0 spiro atoms. The van der Waals surface area contributed by atoms with E-state index in [0.717, 1.165) is 38.2 Å². The van der Waals surface area contributed by atoms with Crippen LogP contribution in [-0.4, -0.2) is 30.8 Å². The third kappa shape index (κ3) is 5.76. The summed E-state index contributed by atoms with van der Waals surface area (Å²) in [5.74, 6) is -0.175. The Labute approximate surface area is 172 Å². The van der Waals surface area contributed by atoms with E-state index < -0.39 is 0 Å². The topological polar surface area (TPSA) is 38.9 Å². The van der Waals surface area contributed by atoms with Crippen LogP contribution in [0.2, 0.25) is 0 Å². The van der Waals surface area contributed by atoms with Crippen LogP contribution in [0.3, 0.4) is 0 Å². The zero-order valence-electron chi connectivity index (χ0n) is 17.0. The molecule has 2 heterocycles. The summed E-state index contributed by atoms with van der Waals surface area (Å²) in [5.41, 5.74) is 2.24. The first-order valence-electron chi connectivity index (χ1n) is 10.7. The maximum Gasteiger partial charge on any atom is 0.123 e. The Balaban J connectivity index is 1.40. The Morgan fingerprint density at radius 1 is 1.10 bits per heavy atom. The van der Waals surface area contributed by atoms with E-state index >= 15 is 0 Å². The maximum absolute atomic E-state index is 13.6. The van der Waals surface area contributed by atoms with Gasteiger partial charge in [0.2, 0.25) is 0 Å². The lowest BCUT2D eigenvalue weighted by atomic mass is 9.96. The summed E-state index contributed by atoms with van der Waals surface area (Å²) in [5, 5.41) is 4.65. The number of hydrogen-bond donors (Lipinski definition) is 0. The van der Waals surface area contributed by atoms with Gasteiger partial charge in [-0.05, 0) is 37.0 Å². The van der Waals surface area contributed by atoms with Crippen molar-refractivity contribution in [3.05, 3.63) is 72.3 Å². The average molecular weight is 396 g/mol. The predicted octanol–water partition coefficient (Wildman–Crippen LogP) is 4.82. The lowest BCUT2D eigenvalue weighted by Gasteiger charge is -2.23. The van der Waals surface area contributed by atoms with Crippen molar-refractivity contribution < 1.29 is 4.39 Å². The van der Waals surface area contributed by atoms with E-state index in [1.54, 1.807) is 12.1 Å². The van der Waals surface area contributed by atoms with E-state index in [1.165, 1.54) is 43.7 Å². The van der Waals surface area contributed by atoms with Gasteiger partial charge in [0.15, 0.2) is 0 Å². The van der Waals surface area contributed by atoms with Gasteiger partial charge in [0.1, 0.15) is 5.82 Å². The van der Waals surface area contributed by atoms with Gasteiger partial charge in [0.05, 0.1) is 18.6 Å². The van der Waals surface area contributed by atoms with Gasteiger partial charge >= 0.3 is 0 Å². The first-order chi connectivity index (χ1) is 14.3. The molecule has 1 aromatic carbocycles. The Kier molecular flexibility index (Phi) is 6.72. The van der Waals surface area contributed by atoms with Crippen molar-refractivity contribution >= 4 is 0 Å². The van der Waals surface area contributed by atoms with E-state index in [9.17, 15) is 4.39 Å². The standard InChI is InChI=1S/C23H30FN5/c24-22-7-4-6-20(14-22)16-28(12-5-11-27-13-10-25-19-27)17-21-15-26-29(18-21)23-8-2-1-3-9-23/h4,6-7,10,13-15,18-19,23H,1-3,5,8-9,11-12,16-17H2. The van der Waals surface area contributed by atoms with Gasteiger partial charge in [0, 0.05) is 50.3 Å². The summed E-state index contributed by atoms with van der Waals surface area (Å²) in [4.78, 5) is 6.49. The van der Waals surface area contributed by atoms with Crippen LogP contribution < -0.4 is 0 Å². The van der Waals surface area contributed by atoms with Crippen LogP contribution in [0.1, 0.15) is 55.7 Å². The Hall–Kier alpha value is -2.47. The van der Waals surface area contributed by atoms with Crippen molar-refractivity contribution in [3.8, 4) is 0 Å². The van der Waals surface area contributed by atoms with Gasteiger partial charge in [-0.3, -0.25) is 9.58 Å². The highest BCUT2D eigenvalue weighted by Crippen LogP contribution is 2.27. The van der Waals surface area contributed by atoms with Gasteiger partial charge in [-0.2, -0.15) is 5.10 Å². The van der Waals surface area contributed by atoms with Gasteiger partial charge in [-0.25, -0.2) is 9.37 Å². The molecule has 0 bridgehead atoms. The van der Waals surface area contributed by atoms with Crippen LogP contribution >= 0.6 is 0 Å². The molecule has 1 fully saturated rings. The van der Waals surface area contributed by atoms with Crippen molar-refractivity contribution in [2.45, 2.75) is 64.2 Å². The first kappa shape index (κ1) is 19.8. The minimum atomic E-state index is -0.175. The van der Waals surface area contributed by atoms with Crippen LogP contribution in [0.15, 0.2) is 55.4 Å². The summed E-state index contributed by atoms with van der Waals surface area (Å²) >= 11 is 0. The van der Waals surface area contributed by atoms with Crippen molar-refractivity contribution in [2.24, 2.45) is 0 Å². The number of aryl methyl sites for hydroxylation is 1. The molecule has 6 heteroatoms. The maximum atomic E-state index is 13.6. The second-order valence-corrected chi connectivity index (χ2v) is 8.12. The number of benzene rings is 1. The minimum Gasteiger partial charge on any atom is -0.337 e. The Morgan fingerprint density at radius 2 is 1.97 bits per heavy atom. The molecular formula is C23H30FN5. The summed E-state index contributed by atoms with van der Waals surface area (Å²) in [6.07, 6.45) is 17.3. The van der Waals surface area contributed by atoms with E-state index in [2.05, 4.69) is 30.4 Å². The van der Waals surface area contributed by atoms with E-state index in [4.69, 9.17) is 0 Å². The number of aromatic nitrogens is 4. The Bertz CT molecular complexity index is 867. The van der Waals surface area contributed by atoms with Gasteiger partial charge in [-0.1, -0.05) is 31.4 Å². The van der Waals surface area contributed by atoms with E-state index in [0.29, 0.717) is 6.04 Å². The van der Waals surface area contributed by atoms with Gasteiger partial charge in [-0.15, -0.1) is 0 Å². The monoisotopic (exact) mass is 395 g/mol. The van der Waals surface area contributed by atoms with Crippen LogP contribution in [-0.2, 0) is 19.6 Å². The number of imidazole rings is 1. The average Bonchev–Trinajstić information content (AvgIpc) is 3.41. The number of hydrogen-bond acceptors (Lipinski definition) is 3. The van der Waals surface area contributed by atoms with Crippen molar-refractivity contribution in [2.75, 3.05) is 6.54 Å². The molecule has 29 heavy (non-hydrogen) atoms. The van der Waals surface area contributed by atoms with Gasteiger partial charge in [0.25, 0.3) is 0 Å².